The third-order valence-corrected chi connectivity index (χ3v) is 7.87. The fourth-order valence-corrected chi connectivity index (χ4v) is 5.33. The normalized spacial score (nSPS) is 18.6. The first-order valence-corrected chi connectivity index (χ1v) is 15.6. The summed E-state index contributed by atoms with van der Waals surface area (Å²) in [6.45, 7) is 7.76. The summed E-state index contributed by atoms with van der Waals surface area (Å²) < 4.78 is 81.1. The third-order valence-electron chi connectivity index (χ3n) is 7.87. The quantitative estimate of drug-likeness (QED) is 0.214. The Balaban J connectivity index is 2.07. The van der Waals surface area contributed by atoms with Gasteiger partial charge in [0.15, 0.2) is 0 Å². The summed E-state index contributed by atoms with van der Waals surface area (Å²) in [6, 6.07) is 2.73. The van der Waals surface area contributed by atoms with Crippen molar-refractivity contribution in [3.05, 3.63) is 46.8 Å². The number of allylic oxidation sites excluding steroid dienone is 2. The van der Waals surface area contributed by atoms with Crippen molar-refractivity contribution >= 4 is 29.6 Å². The van der Waals surface area contributed by atoms with E-state index in [-0.39, 0.29) is 28.4 Å². The van der Waals surface area contributed by atoms with E-state index in [2.05, 4.69) is 15.4 Å². The molecule has 2 aliphatic heterocycles. The van der Waals surface area contributed by atoms with Crippen LogP contribution in [-0.2, 0) is 23.9 Å². The molecule has 1 aromatic rings. The molecule has 0 aliphatic carbocycles. The molecule has 2 heterocycles. The van der Waals surface area contributed by atoms with Crippen LogP contribution in [0.25, 0.3) is 0 Å². The molecule has 2 atom stereocenters. The van der Waals surface area contributed by atoms with Crippen LogP contribution in [0.4, 0.5) is 22.0 Å². The standard InChI is InChI=1S/C32H41F5N4O7/c1-18(2)24(39-27(43)21-9-11-22(12-10-21)28(44)40-14-16-47-17-15-40)30(46)41(29(45)23-8-6-7-13-38-23)25(19(3)4)26(48-20(5)42)31(33,34)32(35,36)37/h9-12,18-19,23-24,38H,6-8,13-17H2,1-5H3,(H,39,43)/b26-25+/t23?,24-/m0/s1. The predicted molar refractivity (Wildman–Crippen MR) is 161 cm³/mol. The van der Waals surface area contributed by atoms with E-state index in [1.54, 1.807) is 4.90 Å². The average Bonchev–Trinajstić information content (AvgIpc) is 3.04. The number of halogens is 5. The lowest BCUT2D eigenvalue weighted by Gasteiger charge is -2.36. The van der Waals surface area contributed by atoms with Crippen molar-refractivity contribution < 1.29 is 55.4 Å². The Hall–Kier alpha value is -3.92. The first kappa shape index (κ1) is 38.5. The van der Waals surface area contributed by atoms with Crippen LogP contribution in [0.3, 0.4) is 0 Å². The molecule has 0 radical (unpaired) electrons. The van der Waals surface area contributed by atoms with E-state index in [0.29, 0.717) is 52.6 Å². The van der Waals surface area contributed by atoms with Crippen LogP contribution in [0.1, 0.15) is 74.6 Å². The zero-order valence-electron chi connectivity index (χ0n) is 27.4. The van der Waals surface area contributed by atoms with Crippen molar-refractivity contribution in [3.8, 4) is 0 Å². The highest BCUT2D eigenvalue weighted by atomic mass is 19.4. The zero-order chi connectivity index (χ0) is 36.0. The van der Waals surface area contributed by atoms with E-state index < -0.39 is 71.2 Å². The van der Waals surface area contributed by atoms with Crippen LogP contribution >= 0.6 is 0 Å². The lowest BCUT2D eigenvalue weighted by atomic mass is 9.96. The van der Waals surface area contributed by atoms with Crippen LogP contribution in [0, 0.1) is 11.8 Å². The van der Waals surface area contributed by atoms with Gasteiger partial charge in [0, 0.05) is 31.1 Å². The number of piperidine rings is 1. The van der Waals surface area contributed by atoms with Gasteiger partial charge >= 0.3 is 18.1 Å². The number of nitrogens with zero attached hydrogens (tertiary/aromatic N) is 2. The second kappa shape index (κ2) is 16.0. The number of esters is 1. The number of morpholine rings is 1. The Bertz CT molecular complexity index is 1380. The first-order valence-electron chi connectivity index (χ1n) is 15.6. The molecule has 2 aliphatic rings. The summed E-state index contributed by atoms with van der Waals surface area (Å²) in [5, 5.41) is 5.33. The summed E-state index contributed by atoms with van der Waals surface area (Å²) in [7, 11) is 0. The second-order valence-corrected chi connectivity index (χ2v) is 12.2. The molecule has 2 saturated heterocycles. The molecule has 11 nitrogen and oxygen atoms in total. The van der Waals surface area contributed by atoms with Crippen LogP contribution in [0.2, 0.25) is 0 Å². The minimum Gasteiger partial charge on any atom is -0.422 e. The maximum Gasteiger partial charge on any atom is 0.461 e. The van der Waals surface area contributed by atoms with Gasteiger partial charge in [0.05, 0.1) is 25.0 Å². The summed E-state index contributed by atoms with van der Waals surface area (Å²) in [6.07, 6.45) is -4.98. The molecule has 1 unspecified atom stereocenters. The SMILES string of the molecule is CC(=O)O/C(=C(\C(C)C)N(C(=O)C1CCCCN1)C(=O)[C@@H](NC(=O)c1ccc(C(=O)N2CCOCC2)cc1)C(C)C)C(F)(F)C(F)(F)F. The topological polar surface area (TPSA) is 134 Å². The number of nitrogens with one attached hydrogen (secondary N) is 2. The average molecular weight is 689 g/mol. The zero-order valence-corrected chi connectivity index (χ0v) is 27.4. The van der Waals surface area contributed by atoms with E-state index in [1.807, 2.05) is 0 Å². The van der Waals surface area contributed by atoms with Crippen molar-refractivity contribution in [2.24, 2.45) is 11.8 Å². The molecule has 0 bridgehead atoms. The number of benzene rings is 1. The number of amides is 4. The van der Waals surface area contributed by atoms with Crippen molar-refractivity contribution in [3.63, 3.8) is 0 Å². The number of rotatable bonds is 10. The predicted octanol–water partition coefficient (Wildman–Crippen LogP) is 4.04. The van der Waals surface area contributed by atoms with E-state index in [0.717, 1.165) is 13.8 Å². The minimum atomic E-state index is -6.26. The molecule has 0 saturated carbocycles. The molecule has 48 heavy (non-hydrogen) atoms. The molecular weight excluding hydrogens is 647 g/mol. The molecule has 2 N–H and O–H groups in total. The molecule has 0 spiro atoms. The van der Waals surface area contributed by atoms with Crippen LogP contribution in [0.5, 0.6) is 0 Å². The monoisotopic (exact) mass is 688 g/mol. The molecule has 0 aromatic heterocycles. The summed E-state index contributed by atoms with van der Waals surface area (Å²) in [5.41, 5.74) is -0.875. The van der Waals surface area contributed by atoms with Crippen molar-refractivity contribution in [2.45, 2.75) is 78.1 Å². The number of ether oxygens (including phenoxy) is 2. The van der Waals surface area contributed by atoms with Crippen molar-refractivity contribution in [2.75, 3.05) is 32.8 Å². The Labute approximate surface area is 275 Å². The van der Waals surface area contributed by atoms with Gasteiger partial charge in [-0.1, -0.05) is 34.1 Å². The maximum absolute atomic E-state index is 15.1. The van der Waals surface area contributed by atoms with E-state index >= 15 is 8.78 Å². The summed E-state index contributed by atoms with van der Waals surface area (Å²) in [4.78, 5) is 68.1. The molecule has 1 aromatic carbocycles. The number of carbonyl (C=O) groups is 5. The van der Waals surface area contributed by atoms with Crippen molar-refractivity contribution in [1.82, 2.24) is 20.4 Å². The molecule has 2 fully saturated rings. The van der Waals surface area contributed by atoms with Gasteiger partial charge in [-0.2, -0.15) is 22.0 Å². The lowest BCUT2D eigenvalue weighted by molar-refractivity contribution is -0.276. The van der Waals surface area contributed by atoms with Crippen LogP contribution < -0.4 is 10.6 Å². The molecule has 16 heteroatoms. The van der Waals surface area contributed by atoms with Crippen LogP contribution in [-0.4, -0.2) is 96.4 Å². The summed E-state index contributed by atoms with van der Waals surface area (Å²) >= 11 is 0. The third kappa shape index (κ3) is 8.95. The van der Waals surface area contributed by atoms with Gasteiger partial charge in [-0.05, 0) is 55.5 Å². The Morgan fingerprint density at radius 2 is 1.54 bits per heavy atom. The number of imide groups is 1. The number of carbonyl (C=O) groups excluding carboxylic acids is 5. The number of alkyl halides is 5. The lowest BCUT2D eigenvalue weighted by Crippen LogP contribution is -2.58. The fraction of sp³-hybridized carbons (Fsp3) is 0.594. The smallest absolute Gasteiger partial charge is 0.422 e. The van der Waals surface area contributed by atoms with Gasteiger partial charge in [0.1, 0.15) is 6.04 Å². The molecule has 266 valence electrons. The highest BCUT2D eigenvalue weighted by molar-refractivity contribution is 6.05. The molecule has 4 amide bonds. The highest BCUT2D eigenvalue weighted by Crippen LogP contribution is 2.44. The van der Waals surface area contributed by atoms with E-state index in [4.69, 9.17) is 4.74 Å². The second-order valence-electron chi connectivity index (χ2n) is 12.2. The Morgan fingerprint density at radius 1 is 0.958 bits per heavy atom. The van der Waals surface area contributed by atoms with Crippen molar-refractivity contribution in [1.29, 1.82) is 0 Å². The number of hydrogen-bond donors (Lipinski definition) is 2. The Morgan fingerprint density at radius 3 is 2.02 bits per heavy atom. The van der Waals surface area contributed by atoms with Gasteiger partial charge in [-0.25, -0.2) is 4.90 Å². The summed E-state index contributed by atoms with van der Waals surface area (Å²) in [5.74, 6) is -15.3. The molecular formula is C32H41F5N4O7. The van der Waals surface area contributed by atoms with Crippen LogP contribution in [0.15, 0.2) is 35.7 Å². The first-order chi connectivity index (χ1) is 22.4. The van der Waals surface area contributed by atoms with Gasteiger partial charge in [0.2, 0.25) is 5.76 Å². The Kier molecular flexibility index (Phi) is 12.8. The highest BCUT2D eigenvalue weighted by Gasteiger charge is 2.64. The molecule has 3 rings (SSSR count). The largest absolute Gasteiger partial charge is 0.461 e. The van der Waals surface area contributed by atoms with E-state index in [9.17, 15) is 37.1 Å². The van der Waals surface area contributed by atoms with Gasteiger partial charge in [-0.15, -0.1) is 0 Å². The van der Waals surface area contributed by atoms with Gasteiger partial charge < -0.3 is 25.0 Å². The van der Waals surface area contributed by atoms with Gasteiger partial charge in [0.25, 0.3) is 23.6 Å². The maximum atomic E-state index is 15.1. The minimum absolute atomic E-state index is 0.00244. The van der Waals surface area contributed by atoms with E-state index in [1.165, 1.54) is 38.1 Å². The van der Waals surface area contributed by atoms with Gasteiger partial charge in [-0.3, -0.25) is 24.0 Å². The fourth-order valence-electron chi connectivity index (χ4n) is 5.33. The number of hydrogen-bond acceptors (Lipinski definition) is 8.